The third-order valence-corrected chi connectivity index (χ3v) is 7.06. The third-order valence-electron chi connectivity index (χ3n) is 7.06. The van der Waals surface area contributed by atoms with Crippen molar-refractivity contribution < 1.29 is 24.1 Å². The monoisotopic (exact) mass is 454 g/mol. The van der Waals surface area contributed by atoms with Gasteiger partial charge in [0.15, 0.2) is 11.5 Å². The van der Waals surface area contributed by atoms with Crippen LogP contribution in [0.25, 0.3) is 0 Å². The Morgan fingerprint density at radius 2 is 1.88 bits per heavy atom. The van der Waals surface area contributed by atoms with Crippen LogP contribution in [0.4, 0.5) is 0 Å². The summed E-state index contributed by atoms with van der Waals surface area (Å²) in [5, 5.41) is 13.8. The van der Waals surface area contributed by atoms with E-state index in [1.807, 2.05) is 35.4 Å². The van der Waals surface area contributed by atoms with E-state index in [4.69, 9.17) is 14.2 Å². The summed E-state index contributed by atoms with van der Waals surface area (Å²) in [6.45, 7) is 4.12. The zero-order chi connectivity index (χ0) is 23.5. The lowest BCUT2D eigenvalue weighted by Gasteiger charge is -2.41. The van der Waals surface area contributed by atoms with Gasteiger partial charge in [0.2, 0.25) is 5.91 Å². The molecule has 178 valence electrons. The van der Waals surface area contributed by atoms with Gasteiger partial charge in [-0.05, 0) is 60.0 Å². The number of ether oxygens (including phenoxy) is 3. The Hall–Kier alpha value is -2.93. The van der Waals surface area contributed by atoms with Crippen molar-refractivity contribution in [1.82, 2.24) is 10.2 Å². The maximum atomic E-state index is 12.8. The highest BCUT2D eigenvalue weighted by Crippen LogP contribution is 2.45. The van der Waals surface area contributed by atoms with Crippen LogP contribution in [-0.2, 0) is 22.4 Å². The fourth-order valence-corrected chi connectivity index (χ4v) is 5.15. The average Bonchev–Trinajstić information content (AvgIpc) is 2.95. The number of carbonyl (C=O) groups is 1. The number of aliphatic hydroxyl groups is 1. The van der Waals surface area contributed by atoms with Gasteiger partial charge in [-0.3, -0.25) is 4.79 Å². The molecule has 1 aromatic carbocycles. The summed E-state index contributed by atoms with van der Waals surface area (Å²) >= 11 is 0. The topological polar surface area (TPSA) is 80.3 Å². The number of amides is 1. The van der Waals surface area contributed by atoms with Gasteiger partial charge in [0.25, 0.3) is 0 Å². The first-order chi connectivity index (χ1) is 16.0. The Balaban J connectivity index is 1.29. The number of nitrogens with zero attached hydrogens (tertiary/aromatic N) is 1. The van der Waals surface area contributed by atoms with E-state index >= 15 is 0 Å². The standard InChI is InChI=1S/C26H34N2O5/c1-16-25-19(13-23(33-4)26(16)30)10-20(25)15-27-7-5-8-28-9-6-17-11-21(31-2)22(32-3)12-18(17)14-24(28)29/h5,7,11-13,16,20,26-27,30H,6,8-10,14-15H2,1-4H3. The molecule has 0 radical (unpaired) electrons. The number of carbonyl (C=O) groups excluding carboxylic acids is 1. The Kier molecular flexibility index (Phi) is 6.98. The molecule has 0 bridgehead atoms. The summed E-state index contributed by atoms with van der Waals surface area (Å²) in [5.41, 5.74) is 4.76. The third kappa shape index (κ3) is 4.60. The predicted molar refractivity (Wildman–Crippen MR) is 126 cm³/mol. The van der Waals surface area contributed by atoms with Crippen molar-refractivity contribution in [3.63, 3.8) is 0 Å². The van der Waals surface area contributed by atoms with E-state index in [9.17, 15) is 9.90 Å². The highest BCUT2D eigenvalue weighted by atomic mass is 16.5. The Morgan fingerprint density at radius 1 is 1.15 bits per heavy atom. The molecule has 0 saturated heterocycles. The molecule has 1 aromatic rings. The minimum absolute atomic E-state index is 0.0816. The SMILES string of the molecule is COC1=CC2=C(C(CNC=CCN3CCc4cc(OC)c(OC)cc4CC3=O)C2)C(C)C1O. The van der Waals surface area contributed by atoms with Crippen LogP contribution >= 0.6 is 0 Å². The summed E-state index contributed by atoms with van der Waals surface area (Å²) in [6.07, 6.45) is 7.52. The lowest BCUT2D eigenvalue weighted by atomic mass is 9.67. The second kappa shape index (κ2) is 9.91. The Bertz CT molecular complexity index is 997. The number of aliphatic hydroxyl groups excluding tert-OH is 1. The lowest BCUT2D eigenvalue weighted by molar-refractivity contribution is -0.129. The van der Waals surface area contributed by atoms with E-state index in [1.54, 1.807) is 21.3 Å². The number of rotatable bonds is 8. The van der Waals surface area contributed by atoms with Crippen molar-refractivity contribution in [2.24, 2.45) is 11.8 Å². The molecule has 0 saturated carbocycles. The number of hydrogen-bond donors (Lipinski definition) is 2. The van der Waals surface area contributed by atoms with Crippen LogP contribution in [0.15, 0.2) is 47.4 Å². The molecule has 2 aliphatic carbocycles. The molecule has 3 unspecified atom stereocenters. The van der Waals surface area contributed by atoms with E-state index < -0.39 is 6.10 Å². The number of allylic oxidation sites excluding steroid dienone is 2. The highest BCUT2D eigenvalue weighted by molar-refractivity contribution is 5.80. The van der Waals surface area contributed by atoms with E-state index in [1.165, 1.54) is 11.1 Å². The van der Waals surface area contributed by atoms with Crippen LogP contribution < -0.4 is 14.8 Å². The zero-order valence-electron chi connectivity index (χ0n) is 19.9. The van der Waals surface area contributed by atoms with E-state index in [-0.39, 0.29) is 11.8 Å². The molecular formula is C26H34N2O5. The quantitative estimate of drug-likeness (QED) is 0.629. The number of methoxy groups -OCH3 is 3. The summed E-state index contributed by atoms with van der Waals surface area (Å²) in [6, 6.07) is 3.90. The number of nitrogens with one attached hydrogen (secondary N) is 1. The van der Waals surface area contributed by atoms with Crippen LogP contribution in [0.2, 0.25) is 0 Å². The second-order valence-corrected chi connectivity index (χ2v) is 8.92. The van der Waals surface area contributed by atoms with Gasteiger partial charge in [-0.1, -0.05) is 12.5 Å². The molecule has 0 aromatic heterocycles. The Labute approximate surface area is 195 Å². The number of benzene rings is 1. The predicted octanol–water partition coefficient (Wildman–Crippen LogP) is 2.59. The molecule has 2 N–H and O–H groups in total. The molecule has 0 spiro atoms. The first kappa shape index (κ1) is 23.2. The van der Waals surface area contributed by atoms with Crippen molar-refractivity contribution in [2.45, 2.75) is 32.3 Å². The van der Waals surface area contributed by atoms with Gasteiger partial charge in [0.1, 0.15) is 11.9 Å². The van der Waals surface area contributed by atoms with Crippen LogP contribution in [0.5, 0.6) is 11.5 Å². The molecule has 1 heterocycles. The zero-order valence-corrected chi connectivity index (χ0v) is 19.9. The molecule has 7 nitrogen and oxygen atoms in total. The summed E-state index contributed by atoms with van der Waals surface area (Å²) in [7, 11) is 4.84. The molecular weight excluding hydrogens is 420 g/mol. The summed E-state index contributed by atoms with van der Waals surface area (Å²) in [5.74, 6) is 2.63. The van der Waals surface area contributed by atoms with Crippen LogP contribution in [0.1, 0.15) is 24.5 Å². The van der Waals surface area contributed by atoms with Crippen LogP contribution in [0, 0.1) is 11.8 Å². The van der Waals surface area contributed by atoms with Gasteiger partial charge in [0.05, 0.1) is 27.8 Å². The van der Waals surface area contributed by atoms with Gasteiger partial charge >= 0.3 is 0 Å². The summed E-state index contributed by atoms with van der Waals surface area (Å²) in [4.78, 5) is 14.7. The van der Waals surface area contributed by atoms with Crippen molar-refractivity contribution in [1.29, 1.82) is 0 Å². The van der Waals surface area contributed by atoms with Crippen molar-refractivity contribution >= 4 is 5.91 Å². The number of fused-ring (bicyclic) bond motifs is 1. The van der Waals surface area contributed by atoms with Crippen molar-refractivity contribution in [3.8, 4) is 11.5 Å². The molecule has 3 atom stereocenters. The van der Waals surface area contributed by atoms with Gasteiger partial charge in [-0.15, -0.1) is 0 Å². The van der Waals surface area contributed by atoms with Crippen molar-refractivity contribution in [3.05, 3.63) is 58.5 Å². The average molecular weight is 455 g/mol. The minimum Gasteiger partial charge on any atom is -0.498 e. The molecule has 3 aliphatic rings. The molecule has 0 fully saturated rings. The van der Waals surface area contributed by atoms with Crippen molar-refractivity contribution in [2.75, 3.05) is 41.0 Å². The Morgan fingerprint density at radius 3 is 2.58 bits per heavy atom. The first-order valence-electron chi connectivity index (χ1n) is 11.5. The largest absolute Gasteiger partial charge is 0.498 e. The smallest absolute Gasteiger partial charge is 0.227 e. The number of hydrogen-bond acceptors (Lipinski definition) is 6. The van der Waals surface area contributed by atoms with Gasteiger partial charge in [0, 0.05) is 31.5 Å². The van der Waals surface area contributed by atoms with Crippen LogP contribution in [0.3, 0.4) is 0 Å². The van der Waals surface area contributed by atoms with Gasteiger partial charge < -0.3 is 29.5 Å². The van der Waals surface area contributed by atoms with E-state index in [0.717, 1.165) is 30.5 Å². The summed E-state index contributed by atoms with van der Waals surface area (Å²) < 4.78 is 16.1. The lowest BCUT2D eigenvalue weighted by Crippen LogP contribution is -2.38. The van der Waals surface area contributed by atoms with E-state index in [0.29, 0.717) is 42.7 Å². The highest BCUT2D eigenvalue weighted by Gasteiger charge is 2.39. The molecule has 33 heavy (non-hydrogen) atoms. The molecule has 1 amide bonds. The molecule has 7 heteroatoms. The normalized spacial score (nSPS) is 24.5. The minimum atomic E-state index is -0.565. The fraction of sp³-hybridized carbons (Fsp3) is 0.500. The first-order valence-corrected chi connectivity index (χ1v) is 11.5. The van der Waals surface area contributed by atoms with Gasteiger partial charge in [-0.2, -0.15) is 0 Å². The van der Waals surface area contributed by atoms with Gasteiger partial charge in [-0.25, -0.2) is 0 Å². The molecule has 4 rings (SSSR count). The van der Waals surface area contributed by atoms with Crippen LogP contribution in [-0.4, -0.2) is 63.0 Å². The van der Waals surface area contributed by atoms with E-state index in [2.05, 4.69) is 12.2 Å². The fourth-order valence-electron chi connectivity index (χ4n) is 5.15. The maximum absolute atomic E-state index is 12.8. The molecule has 1 aliphatic heterocycles. The second-order valence-electron chi connectivity index (χ2n) is 8.92. The maximum Gasteiger partial charge on any atom is 0.227 e.